The molecule has 1 aromatic carbocycles. The van der Waals surface area contributed by atoms with Gasteiger partial charge >= 0.3 is 0 Å². The van der Waals surface area contributed by atoms with Gasteiger partial charge in [0.1, 0.15) is 5.82 Å². The number of hydrogen-bond donors (Lipinski definition) is 2. The molecule has 0 amide bonds. The Bertz CT molecular complexity index is 729. The van der Waals surface area contributed by atoms with Crippen LogP contribution in [-0.2, 0) is 26.7 Å². The minimum absolute atomic E-state index is 0.298. The lowest BCUT2D eigenvalue weighted by Gasteiger charge is -2.22. The quantitative estimate of drug-likeness (QED) is 0.603. The van der Waals surface area contributed by atoms with Crippen LogP contribution >= 0.6 is 15.9 Å². The molecule has 130 valence electrons. The summed E-state index contributed by atoms with van der Waals surface area (Å²) in [5, 5.41) is 12.4. The summed E-state index contributed by atoms with van der Waals surface area (Å²) in [6.45, 7) is 0.894. The Morgan fingerprint density at radius 3 is 2.75 bits per heavy atom. The summed E-state index contributed by atoms with van der Waals surface area (Å²) < 4.78 is 16.5. The molecule has 0 aliphatic carbocycles. The Labute approximate surface area is 149 Å². The highest BCUT2D eigenvalue weighted by Gasteiger charge is 2.10. The molecule has 0 aliphatic heterocycles. The van der Waals surface area contributed by atoms with Gasteiger partial charge in [-0.25, -0.2) is 4.39 Å². The van der Waals surface area contributed by atoms with Gasteiger partial charge in [0, 0.05) is 49.6 Å². The van der Waals surface area contributed by atoms with Crippen molar-refractivity contribution in [1.29, 1.82) is 0 Å². The van der Waals surface area contributed by atoms with Gasteiger partial charge in [-0.05, 0) is 39.7 Å². The Balaban J connectivity index is 2.00. The highest BCUT2D eigenvalue weighted by molar-refractivity contribution is 9.10. The SMILES string of the molecule is CN=C(NCc1ccc(F)c(CO)c1)N(C)Cc1cc(Br)cn1C. The van der Waals surface area contributed by atoms with Crippen LogP contribution in [0.2, 0.25) is 0 Å². The van der Waals surface area contributed by atoms with Crippen LogP contribution in [0.5, 0.6) is 0 Å². The van der Waals surface area contributed by atoms with Crippen LogP contribution in [0.4, 0.5) is 4.39 Å². The van der Waals surface area contributed by atoms with Crippen LogP contribution in [-0.4, -0.2) is 34.6 Å². The number of rotatable bonds is 5. The topological polar surface area (TPSA) is 52.8 Å². The zero-order valence-electron chi connectivity index (χ0n) is 14.1. The fourth-order valence-electron chi connectivity index (χ4n) is 2.47. The van der Waals surface area contributed by atoms with E-state index in [4.69, 9.17) is 5.11 Å². The number of aliphatic hydroxyl groups is 1. The van der Waals surface area contributed by atoms with E-state index in [0.717, 1.165) is 21.7 Å². The van der Waals surface area contributed by atoms with E-state index in [1.807, 2.05) is 25.2 Å². The monoisotopic (exact) mass is 396 g/mol. The first kappa shape index (κ1) is 18.5. The maximum absolute atomic E-state index is 13.4. The van der Waals surface area contributed by atoms with E-state index in [1.165, 1.54) is 6.07 Å². The second kappa shape index (κ2) is 8.30. The maximum Gasteiger partial charge on any atom is 0.194 e. The van der Waals surface area contributed by atoms with Gasteiger partial charge in [0.05, 0.1) is 13.2 Å². The fraction of sp³-hybridized carbons (Fsp3) is 0.353. The lowest BCUT2D eigenvalue weighted by molar-refractivity contribution is 0.275. The zero-order valence-corrected chi connectivity index (χ0v) is 15.6. The number of hydrogen-bond acceptors (Lipinski definition) is 2. The van der Waals surface area contributed by atoms with E-state index >= 15 is 0 Å². The molecule has 1 aromatic heterocycles. The highest BCUT2D eigenvalue weighted by Crippen LogP contribution is 2.15. The van der Waals surface area contributed by atoms with E-state index < -0.39 is 5.82 Å². The van der Waals surface area contributed by atoms with Crippen LogP contribution in [0.1, 0.15) is 16.8 Å². The molecule has 0 atom stereocenters. The van der Waals surface area contributed by atoms with Gasteiger partial charge in [0.25, 0.3) is 0 Å². The predicted octanol–water partition coefficient (Wildman–Crippen LogP) is 2.63. The second-order valence-corrected chi connectivity index (χ2v) is 6.52. The molecular formula is C17H22BrFN4O. The fourth-order valence-corrected chi connectivity index (χ4v) is 3.04. The van der Waals surface area contributed by atoms with Gasteiger partial charge in [-0.1, -0.05) is 6.07 Å². The number of aromatic nitrogens is 1. The third-order valence-corrected chi connectivity index (χ3v) is 4.21. The second-order valence-electron chi connectivity index (χ2n) is 5.60. The number of benzene rings is 1. The lowest BCUT2D eigenvalue weighted by atomic mass is 10.1. The average Bonchev–Trinajstić information content (AvgIpc) is 2.86. The molecule has 0 saturated carbocycles. The molecule has 0 aliphatic rings. The van der Waals surface area contributed by atoms with Crippen molar-refractivity contribution < 1.29 is 9.50 Å². The first-order valence-electron chi connectivity index (χ1n) is 7.55. The number of halogens is 2. The van der Waals surface area contributed by atoms with Gasteiger partial charge in [-0.15, -0.1) is 0 Å². The summed E-state index contributed by atoms with van der Waals surface area (Å²) in [6.07, 6.45) is 2.01. The standard InChI is InChI=1S/C17H22BrFN4O/c1-20-17(23(3)10-15-7-14(18)9-22(15)2)21-8-12-4-5-16(19)13(6-12)11-24/h4-7,9,24H,8,10-11H2,1-3H3,(H,20,21). The molecule has 2 N–H and O–H groups in total. The van der Waals surface area contributed by atoms with Crippen molar-refractivity contribution in [1.82, 2.24) is 14.8 Å². The van der Waals surface area contributed by atoms with E-state index in [-0.39, 0.29) is 6.61 Å². The predicted molar refractivity (Wildman–Crippen MR) is 97.1 cm³/mol. The van der Waals surface area contributed by atoms with Crippen LogP contribution in [0.15, 0.2) is 39.9 Å². The van der Waals surface area contributed by atoms with Crippen LogP contribution in [0.25, 0.3) is 0 Å². The van der Waals surface area contributed by atoms with Crippen LogP contribution in [0, 0.1) is 5.82 Å². The van der Waals surface area contributed by atoms with E-state index in [9.17, 15) is 4.39 Å². The Hall–Kier alpha value is -1.86. The van der Waals surface area contributed by atoms with Crippen molar-refractivity contribution in [2.75, 3.05) is 14.1 Å². The Kier molecular flexibility index (Phi) is 6.39. The number of nitrogens with one attached hydrogen (secondary N) is 1. The number of aryl methyl sites for hydroxylation is 1. The van der Waals surface area contributed by atoms with Gasteiger partial charge in [-0.3, -0.25) is 4.99 Å². The molecule has 0 saturated heterocycles. The van der Waals surface area contributed by atoms with Crippen LogP contribution in [0.3, 0.4) is 0 Å². The summed E-state index contributed by atoms with van der Waals surface area (Å²) in [7, 11) is 5.68. The van der Waals surface area contributed by atoms with Crippen LogP contribution < -0.4 is 5.32 Å². The van der Waals surface area contributed by atoms with Crippen molar-refractivity contribution in [3.8, 4) is 0 Å². The number of nitrogens with zero attached hydrogens (tertiary/aromatic N) is 3. The molecular weight excluding hydrogens is 375 g/mol. The molecule has 0 fully saturated rings. The minimum atomic E-state index is -0.392. The number of aliphatic imine (C=N–C) groups is 1. The summed E-state index contributed by atoms with van der Waals surface area (Å²) >= 11 is 3.47. The van der Waals surface area contributed by atoms with Crippen molar-refractivity contribution >= 4 is 21.9 Å². The van der Waals surface area contributed by atoms with Gasteiger partial charge in [0.15, 0.2) is 5.96 Å². The average molecular weight is 397 g/mol. The Morgan fingerprint density at radius 2 is 2.17 bits per heavy atom. The largest absolute Gasteiger partial charge is 0.392 e. The molecule has 0 unspecified atom stereocenters. The molecule has 0 spiro atoms. The minimum Gasteiger partial charge on any atom is -0.392 e. The molecule has 7 heteroatoms. The third-order valence-electron chi connectivity index (χ3n) is 3.78. The van der Waals surface area contributed by atoms with E-state index in [2.05, 4.69) is 36.9 Å². The van der Waals surface area contributed by atoms with E-state index in [0.29, 0.717) is 18.7 Å². The summed E-state index contributed by atoms with van der Waals surface area (Å²) in [5.41, 5.74) is 2.33. The van der Waals surface area contributed by atoms with Crippen molar-refractivity contribution in [2.45, 2.75) is 19.7 Å². The van der Waals surface area contributed by atoms with Crippen molar-refractivity contribution in [3.63, 3.8) is 0 Å². The number of guanidine groups is 1. The first-order valence-corrected chi connectivity index (χ1v) is 8.34. The number of aliphatic hydroxyl groups excluding tert-OH is 1. The van der Waals surface area contributed by atoms with Crippen molar-refractivity contribution in [2.24, 2.45) is 12.0 Å². The molecule has 0 radical (unpaired) electrons. The molecule has 5 nitrogen and oxygen atoms in total. The van der Waals surface area contributed by atoms with Gasteiger partial charge in [-0.2, -0.15) is 0 Å². The lowest BCUT2D eigenvalue weighted by Crippen LogP contribution is -2.38. The first-order chi connectivity index (χ1) is 11.4. The maximum atomic E-state index is 13.4. The summed E-state index contributed by atoms with van der Waals surface area (Å²) in [6, 6.07) is 6.79. The third kappa shape index (κ3) is 4.58. The molecule has 1 heterocycles. The van der Waals surface area contributed by atoms with E-state index in [1.54, 1.807) is 19.2 Å². The highest BCUT2D eigenvalue weighted by atomic mass is 79.9. The smallest absolute Gasteiger partial charge is 0.194 e. The zero-order chi connectivity index (χ0) is 17.7. The molecule has 24 heavy (non-hydrogen) atoms. The molecule has 2 aromatic rings. The van der Waals surface area contributed by atoms with Gasteiger partial charge < -0.3 is 19.9 Å². The summed E-state index contributed by atoms with van der Waals surface area (Å²) in [5.74, 6) is 0.347. The molecule has 2 rings (SSSR count). The normalized spacial score (nSPS) is 11.7. The van der Waals surface area contributed by atoms with Crippen molar-refractivity contribution in [3.05, 3.63) is 57.6 Å². The summed E-state index contributed by atoms with van der Waals surface area (Å²) in [4.78, 5) is 6.29. The van der Waals surface area contributed by atoms with Gasteiger partial charge in [0.2, 0.25) is 0 Å². The molecule has 0 bridgehead atoms. The Morgan fingerprint density at radius 1 is 1.42 bits per heavy atom.